The lowest BCUT2D eigenvalue weighted by atomic mass is 9.67. The SMILES string of the molecule is CCNC(=NCC1(CCOC)CCC1)NCCc1ccccc1OCC. The zero-order valence-corrected chi connectivity index (χ0v) is 16.6. The quantitative estimate of drug-likeness (QED) is 0.469. The maximum atomic E-state index is 5.71. The summed E-state index contributed by atoms with van der Waals surface area (Å²) < 4.78 is 11.0. The van der Waals surface area contributed by atoms with Crippen molar-refractivity contribution in [2.75, 3.05) is 40.0 Å². The summed E-state index contributed by atoms with van der Waals surface area (Å²) in [6.45, 7) is 8.22. The molecule has 0 spiro atoms. The van der Waals surface area contributed by atoms with Gasteiger partial charge in [-0.15, -0.1) is 0 Å². The predicted octanol–water partition coefficient (Wildman–Crippen LogP) is 3.39. The number of hydrogen-bond acceptors (Lipinski definition) is 3. The van der Waals surface area contributed by atoms with Gasteiger partial charge < -0.3 is 20.1 Å². The first-order valence-corrected chi connectivity index (χ1v) is 9.95. The van der Waals surface area contributed by atoms with Gasteiger partial charge in [0.2, 0.25) is 0 Å². The third-order valence-corrected chi connectivity index (χ3v) is 5.13. The Morgan fingerprint density at radius 2 is 2.00 bits per heavy atom. The number of methoxy groups -OCH3 is 1. The fourth-order valence-electron chi connectivity index (χ4n) is 3.39. The van der Waals surface area contributed by atoms with Crippen LogP contribution in [-0.2, 0) is 11.2 Å². The molecule has 0 heterocycles. The van der Waals surface area contributed by atoms with E-state index in [9.17, 15) is 0 Å². The molecule has 0 radical (unpaired) electrons. The molecule has 26 heavy (non-hydrogen) atoms. The van der Waals surface area contributed by atoms with Crippen LogP contribution in [0.3, 0.4) is 0 Å². The third kappa shape index (κ3) is 6.20. The van der Waals surface area contributed by atoms with Crippen molar-refractivity contribution < 1.29 is 9.47 Å². The fourth-order valence-corrected chi connectivity index (χ4v) is 3.39. The van der Waals surface area contributed by atoms with E-state index >= 15 is 0 Å². The summed E-state index contributed by atoms with van der Waals surface area (Å²) in [4.78, 5) is 4.86. The van der Waals surface area contributed by atoms with Gasteiger partial charge in [-0.2, -0.15) is 0 Å². The van der Waals surface area contributed by atoms with Crippen LogP contribution in [-0.4, -0.2) is 45.9 Å². The Balaban J connectivity index is 1.87. The van der Waals surface area contributed by atoms with Crippen molar-refractivity contribution in [3.8, 4) is 5.75 Å². The van der Waals surface area contributed by atoms with Gasteiger partial charge in [-0.05, 0) is 56.6 Å². The molecule has 146 valence electrons. The van der Waals surface area contributed by atoms with Gasteiger partial charge in [0.1, 0.15) is 5.75 Å². The highest BCUT2D eigenvalue weighted by molar-refractivity contribution is 5.79. The number of guanidine groups is 1. The van der Waals surface area contributed by atoms with Gasteiger partial charge in [-0.25, -0.2) is 0 Å². The molecule has 2 rings (SSSR count). The van der Waals surface area contributed by atoms with Gasteiger partial charge in [0.05, 0.1) is 6.61 Å². The second-order valence-corrected chi connectivity index (χ2v) is 7.01. The maximum absolute atomic E-state index is 5.71. The van der Waals surface area contributed by atoms with Gasteiger partial charge >= 0.3 is 0 Å². The number of nitrogens with zero attached hydrogens (tertiary/aromatic N) is 1. The molecule has 0 bridgehead atoms. The van der Waals surface area contributed by atoms with E-state index in [4.69, 9.17) is 14.5 Å². The minimum Gasteiger partial charge on any atom is -0.494 e. The van der Waals surface area contributed by atoms with E-state index in [1.165, 1.54) is 24.8 Å². The zero-order chi connectivity index (χ0) is 18.7. The monoisotopic (exact) mass is 361 g/mol. The molecule has 0 aliphatic heterocycles. The minimum absolute atomic E-state index is 0.347. The Morgan fingerprint density at radius 1 is 1.19 bits per heavy atom. The lowest BCUT2D eigenvalue weighted by Crippen LogP contribution is -2.41. The van der Waals surface area contributed by atoms with Gasteiger partial charge in [-0.3, -0.25) is 4.99 Å². The van der Waals surface area contributed by atoms with E-state index in [1.54, 1.807) is 7.11 Å². The average molecular weight is 362 g/mol. The molecule has 1 aromatic rings. The second kappa shape index (κ2) is 11.1. The lowest BCUT2D eigenvalue weighted by Gasteiger charge is -2.40. The normalized spacial score (nSPS) is 16.0. The Labute approximate surface area is 158 Å². The number of ether oxygens (including phenoxy) is 2. The van der Waals surface area contributed by atoms with E-state index in [1.807, 2.05) is 19.1 Å². The van der Waals surface area contributed by atoms with Gasteiger partial charge in [0.25, 0.3) is 0 Å². The van der Waals surface area contributed by atoms with Crippen molar-refractivity contribution in [1.82, 2.24) is 10.6 Å². The Bertz CT molecular complexity index is 556. The Hall–Kier alpha value is -1.75. The molecule has 5 heteroatoms. The van der Waals surface area contributed by atoms with Crippen LogP contribution in [0.4, 0.5) is 0 Å². The number of para-hydroxylation sites is 1. The van der Waals surface area contributed by atoms with E-state index in [0.717, 1.165) is 50.8 Å². The summed E-state index contributed by atoms with van der Waals surface area (Å²) in [6, 6.07) is 8.25. The lowest BCUT2D eigenvalue weighted by molar-refractivity contribution is 0.0778. The number of hydrogen-bond donors (Lipinski definition) is 2. The largest absolute Gasteiger partial charge is 0.494 e. The molecule has 1 saturated carbocycles. The smallest absolute Gasteiger partial charge is 0.191 e. The number of aliphatic imine (C=N–C) groups is 1. The summed E-state index contributed by atoms with van der Waals surface area (Å²) >= 11 is 0. The highest BCUT2D eigenvalue weighted by atomic mass is 16.5. The summed E-state index contributed by atoms with van der Waals surface area (Å²) in [5.74, 6) is 1.89. The molecule has 0 unspecified atom stereocenters. The fraction of sp³-hybridized carbons (Fsp3) is 0.667. The number of benzene rings is 1. The van der Waals surface area contributed by atoms with Crippen LogP contribution in [0.5, 0.6) is 5.75 Å². The average Bonchev–Trinajstić information content (AvgIpc) is 2.62. The van der Waals surface area contributed by atoms with Crippen LogP contribution in [0.25, 0.3) is 0 Å². The molecule has 1 aromatic carbocycles. The first-order chi connectivity index (χ1) is 12.7. The van der Waals surface area contributed by atoms with Crippen LogP contribution in [0, 0.1) is 5.41 Å². The molecule has 5 nitrogen and oxygen atoms in total. The molecule has 1 fully saturated rings. The van der Waals surface area contributed by atoms with Gasteiger partial charge in [0, 0.05) is 33.4 Å². The Morgan fingerprint density at radius 3 is 2.65 bits per heavy atom. The molecular weight excluding hydrogens is 326 g/mol. The summed E-state index contributed by atoms with van der Waals surface area (Å²) in [7, 11) is 1.78. The molecule has 2 N–H and O–H groups in total. The molecule has 1 aliphatic carbocycles. The van der Waals surface area contributed by atoms with Crippen molar-refractivity contribution in [2.45, 2.75) is 46.0 Å². The van der Waals surface area contributed by atoms with Crippen molar-refractivity contribution in [3.63, 3.8) is 0 Å². The van der Waals surface area contributed by atoms with Crippen molar-refractivity contribution >= 4 is 5.96 Å². The van der Waals surface area contributed by atoms with Crippen molar-refractivity contribution in [3.05, 3.63) is 29.8 Å². The number of rotatable bonds is 11. The van der Waals surface area contributed by atoms with Crippen molar-refractivity contribution in [2.24, 2.45) is 10.4 Å². The Kier molecular flexibility index (Phi) is 8.75. The molecule has 0 aromatic heterocycles. The molecule has 1 aliphatic rings. The van der Waals surface area contributed by atoms with E-state index < -0.39 is 0 Å². The molecule has 0 amide bonds. The van der Waals surface area contributed by atoms with E-state index in [-0.39, 0.29) is 0 Å². The van der Waals surface area contributed by atoms with Crippen LogP contribution >= 0.6 is 0 Å². The van der Waals surface area contributed by atoms with Crippen molar-refractivity contribution in [1.29, 1.82) is 0 Å². The highest BCUT2D eigenvalue weighted by Gasteiger charge is 2.36. The molecular formula is C21H35N3O2. The number of nitrogens with one attached hydrogen (secondary N) is 2. The van der Waals surface area contributed by atoms with Gasteiger partial charge in [0.15, 0.2) is 5.96 Å². The summed E-state index contributed by atoms with van der Waals surface area (Å²) in [5, 5.41) is 6.83. The standard InChI is InChI=1S/C21H35N3O2/c1-4-22-20(24-17-21(12-8-13-21)14-16-25-3)23-15-11-18-9-6-7-10-19(18)26-5-2/h6-7,9-10H,4-5,8,11-17H2,1-3H3,(H2,22,23,24). The zero-order valence-electron chi connectivity index (χ0n) is 16.6. The van der Waals surface area contributed by atoms with Crippen LogP contribution in [0.15, 0.2) is 29.3 Å². The van der Waals surface area contributed by atoms with Crippen LogP contribution < -0.4 is 15.4 Å². The van der Waals surface area contributed by atoms with Crippen LogP contribution in [0.1, 0.15) is 45.1 Å². The first kappa shape index (κ1) is 20.6. The minimum atomic E-state index is 0.347. The maximum Gasteiger partial charge on any atom is 0.191 e. The topological polar surface area (TPSA) is 54.9 Å². The van der Waals surface area contributed by atoms with E-state index in [2.05, 4.69) is 29.7 Å². The molecule has 0 atom stereocenters. The van der Waals surface area contributed by atoms with E-state index in [0.29, 0.717) is 12.0 Å². The summed E-state index contributed by atoms with van der Waals surface area (Å²) in [5.41, 5.74) is 1.58. The first-order valence-electron chi connectivity index (χ1n) is 9.95. The third-order valence-electron chi connectivity index (χ3n) is 5.13. The highest BCUT2D eigenvalue weighted by Crippen LogP contribution is 2.44. The molecule has 0 saturated heterocycles. The van der Waals surface area contributed by atoms with Gasteiger partial charge in [-0.1, -0.05) is 24.6 Å². The second-order valence-electron chi connectivity index (χ2n) is 7.01. The predicted molar refractivity (Wildman–Crippen MR) is 108 cm³/mol. The summed E-state index contributed by atoms with van der Waals surface area (Å²) in [6.07, 6.45) is 5.86. The van der Waals surface area contributed by atoms with Crippen LogP contribution in [0.2, 0.25) is 0 Å².